The van der Waals surface area contributed by atoms with E-state index in [1.165, 1.54) is 6.07 Å². The van der Waals surface area contributed by atoms with Gasteiger partial charge in [0.15, 0.2) is 11.5 Å². The number of para-hydroxylation sites is 2. The third-order valence-corrected chi connectivity index (χ3v) is 5.58. The van der Waals surface area contributed by atoms with Crippen LogP contribution in [0.15, 0.2) is 42.5 Å². The molecule has 2 heterocycles. The Morgan fingerprint density at radius 1 is 1.18 bits per heavy atom. The highest BCUT2D eigenvalue weighted by atomic mass is 19.1. The van der Waals surface area contributed by atoms with Crippen LogP contribution in [0.5, 0.6) is 11.5 Å². The van der Waals surface area contributed by atoms with E-state index in [-0.39, 0.29) is 23.7 Å². The van der Waals surface area contributed by atoms with Crippen molar-refractivity contribution in [2.45, 2.75) is 25.3 Å². The standard InChI is InChI=1S/C22H25FN2O3/c1-27-20-8-4-5-15-13-16(14-28-21(15)20)22(26)24-17-9-11-25(12-10-17)19-7-3-2-6-18(19)23/h2-8,16-17H,9-14H2,1H3,(H,24,26)/t16-/m0/s1. The number of benzene rings is 2. The number of amides is 1. The molecular formula is C22H25FN2O3. The van der Waals surface area contributed by atoms with Gasteiger partial charge in [0, 0.05) is 19.1 Å². The van der Waals surface area contributed by atoms with Crippen molar-refractivity contribution in [3.63, 3.8) is 0 Å². The third-order valence-electron chi connectivity index (χ3n) is 5.58. The molecule has 2 aliphatic heterocycles. The number of anilines is 1. The van der Waals surface area contributed by atoms with Crippen molar-refractivity contribution in [3.05, 3.63) is 53.8 Å². The van der Waals surface area contributed by atoms with Gasteiger partial charge in [0.05, 0.1) is 18.7 Å². The minimum atomic E-state index is -0.204. The van der Waals surface area contributed by atoms with Crippen LogP contribution in [-0.4, -0.2) is 38.8 Å². The SMILES string of the molecule is COc1cccc2c1OC[C@@H](C(=O)NC1CCN(c3ccccc3F)CC1)C2. The molecule has 2 aromatic carbocycles. The number of hydrogen-bond acceptors (Lipinski definition) is 4. The van der Waals surface area contributed by atoms with Crippen molar-refractivity contribution < 1.29 is 18.7 Å². The Morgan fingerprint density at radius 3 is 2.71 bits per heavy atom. The molecule has 0 radical (unpaired) electrons. The van der Waals surface area contributed by atoms with Gasteiger partial charge in [-0.1, -0.05) is 24.3 Å². The Kier molecular flexibility index (Phi) is 5.37. The fraction of sp³-hybridized carbons (Fsp3) is 0.409. The van der Waals surface area contributed by atoms with Crippen LogP contribution in [0.25, 0.3) is 0 Å². The maximum absolute atomic E-state index is 14.0. The Labute approximate surface area is 164 Å². The number of nitrogens with zero attached hydrogens (tertiary/aromatic N) is 1. The molecule has 0 bridgehead atoms. The smallest absolute Gasteiger partial charge is 0.227 e. The van der Waals surface area contributed by atoms with Crippen LogP contribution >= 0.6 is 0 Å². The van der Waals surface area contributed by atoms with Crippen LogP contribution in [0, 0.1) is 11.7 Å². The van der Waals surface area contributed by atoms with Crippen LogP contribution in [-0.2, 0) is 11.2 Å². The van der Waals surface area contributed by atoms with Crippen molar-refractivity contribution in [1.82, 2.24) is 5.32 Å². The van der Waals surface area contributed by atoms with Gasteiger partial charge in [0.25, 0.3) is 0 Å². The first-order chi connectivity index (χ1) is 13.7. The number of carbonyl (C=O) groups excluding carboxylic acids is 1. The summed E-state index contributed by atoms with van der Waals surface area (Å²) in [6, 6.07) is 12.7. The second-order valence-corrected chi connectivity index (χ2v) is 7.38. The predicted molar refractivity (Wildman–Crippen MR) is 105 cm³/mol. The van der Waals surface area contributed by atoms with Crippen LogP contribution < -0.4 is 19.7 Å². The van der Waals surface area contributed by atoms with Gasteiger partial charge in [0.2, 0.25) is 5.91 Å². The van der Waals surface area contributed by atoms with Gasteiger partial charge >= 0.3 is 0 Å². The van der Waals surface area contributed by atoms with Crippen molar-refractivity contribution in [2.75, 3.05) is 31.7 Å². The Hall–Kier alpha value is -2.76. The number of nitrogens with one attached hydrogen (secondary N) is 1. The molecule has 2 aromatic rings. The molecule has 0 aliphatic carbocycles. The maximum atomic E-state index is 14.0. The summed E-state index contributed by atoms with van der Waals surface area (Å²) in [5, 5.41) is 3.16. The molecule has 0 spiro atoms. The van der Waals surface area contributed by atoms with Crippen LogP contribution in [0.3, 0.4) is 0 Å². The largest absolute Gasteiger partial charge is 0.493 e. The zero-order chi connectivity index (χ0) is 19.5. The number of ether oxygens (including phenoxy) is 2. The number of halogens is 1. The zero-order valence-electron chi connectivity index (χ0n) is 16.0. The monoisotopic (exact) mass is 384 g/mol. The minimum absolute atomic E-state index is 0.0258. The molecule has 1 saturated heterocycles. The Bertz CT molecular complexity index is 849. The lowest BCUT2D eigenvalue weighted by Gasteiger charge is -2.35. The molecule has 1 amide bonds. The summed E-state index contributed by atoms with van der Waals surface area (Å²) >= 11 is 0. The van der Waals surface area contributed by atoms with Gasteiger partial charge in [-0.05, 0) is 43.0 Å². The summed E-state index contributed by atoms with van der Waals surface area (Å²) in [6.07, 6.45) is 2.25. The topological polar surface area (TPSA) is 50.8 Å². The number of piperidine rings is 1. The average Bonchev–Trinajstić information content (AvgIpc) is 2.74. The first-order valence-electron chi connectivity index (χ1n) is 9.74. The molecule has 5 nitrogen and oxygen atoms in total. The van der Waals surface area contributed by atoms with E-state index >= 15 is 0 Å². The molecule has 0 aromatic heterocycles. The summed E-state index contributed by atoms with van der Waals surface area (Å²) < 4.78 is 25.1. The summed E-state index contributed by atoms with van der Waals surface area (Å²) in [7, 11) is 1.62. The highest BCUT2D eigenvalue weighted by Gasteiger charge is 2.30. The maximum Gasteiger partial charge on any atom is 0.227 e. The Balaban J connectivity index is 1.32. The second-order valence-electron chi connectivity index (χ2n) is 7.38. The first-order valence-corrected chi connectivity index (χ1v) is 9.74. The molecule has 0 unspecified atom stereocenters. The van der Waals surface area contributed by atoms with E-state index in [2.05, 4.69) is 5.32 Å². The first kappa shape index (κ1) is 18.6. The van der Waals surface area contributed by atoms with E-state index in [1.807, 2.05) is 29.2 Å². The van der Waals surface area contributed by atoms with Gasteiger partial charge in [-0.15, -0.1) is 0 Å². The van der Waals surface area contributed by atoms with Crippen LogP contribution in [0.1, 0.15) is 18.4 Å². The molecule has 1 N–H and O–H groups in total. The summed E-state index contributed by atoms with van der Waals surface area (Å²) in [6.45, 7) is 1.81. The van der Waals surface area contributed by atoms with Gasteiger partial charge in [-0.25, -0.2) is 4.39 Å². The van der Waals surface area contributed by atoms with E-state index in [1.54, 1.807) is 19.2 Å². The van der Waals surface area contributed by atoms with E-state index < -0.39 is 0 Å². The van der Waals surface area contributed by atoms with E-state index in [9.17, 15) is 9.18 Å². The number of hydrogen-bond donors (Lipinski definition) is 1. The van der Waals surface area contributed by atoms with Crippen LogP contribution in [0.2, 0.25) is 0 Å². The quantitative estimate of drug-likeness (QED) is 0.880. The molecule has 2 aliphatic rings. The lowest BCUT2D eigenvalue weighted by atomic mass is 9.94. The molecule has 1 fully saturated rings. The van der Waals surface area contributed by atoms with Gasteiger partial charge in [-0.3, -0.25) is 4.79 Å². The van der Waals surface area contributed by atoms with E-state index in [0.717, 1.165) is 37.2 Å². The van der Waals surface area contributed by atoms with E-state index in [0.29, 0.717) is 24.5 Å². The van der Waals surface area contributed by atoms with Gasteiger partial charge in [0.1, 0.15) is 12.4 Å². The predicted octanol–water partition coefficient (Wildman–Crippen LogP) is 3.17. The van der Waals surface area contributed by atoms with Crippen molar-refractivity contribution in [2.24, 2.45) is 5.92 Å². The normalized spacial score (nSPS) is 19.5. The average molecular weight is 384 g/mol. The zero-order valence-corrected chi connectivity index (χ0v) is 16.0. The number of fused-ring (bicyclic) bond motifs is 1. The molecule has 4 rings (SSSR count). The third kappa shape index (κ3) is 3.77. The van der Waals surface area contributed by atoms with E-state index in [4.69, 9.17) is 9.47 Å². The second kappa shape index (κ2) is 8.09. The van der Waals surface area contributed by atoms with Crippen molar-refractivity contribution >= 4 is 11.6 Å². The highest BCUT2D eigenvalue weighted by Crippen LogP contribution is 2.36. The molecule has 6 heteroatoms. The lowest BCUT2D eigenvalue weighted by Crippen LogP contribution is -2.48. The summed E-state index contributed by atoms with van der Waals surface area (Å²) in [5.74, 6) is 1.07. The molecule has 0 saturated carbocycles. The summed E-state index contributed by atoms with van der Waals surface area (Å²) in [5.41, 5.74) is 1.64. The molecular weight excluding hydrogens is 359 g/mol. The minimum Gasteiger partial charge on any atom is -0.493 e. The van der Waals surface area contributed by atoms with Gasteiger partial charge < -0.3 is 19.7 Å². The van der Waals surface area contributed by atoms with Crippen LogP contribution in [0.4, 0.5) is 10.1 Å². The number of rotatable bonds is 4. The molecule has 28 heavy (non-hydrogen) atoms. The fourth-order valence-electron chi connectivity index (χ4n) is 4.02. The van der Waals surface area contributed by atoms with Crippen molar-refractivity contribution in [3.8, 4) is 11.5 Å². The van der Waals surface area contributed by atoms with Crippen molar-refractivity contribution in [1.29, 1.82) is 0 Å². The Morgan fingerprint density at radius 2 is 1.96 bits per heavy atom. The molecule has 148 valence electrons. The van der Waals surface area contributed by atoms with Gasteiger partial charge in [-0.2, -0.15) is 0 Å². The number of carbonyl (C=O) groups is 1. The fourth-order valence-corrected chi connectivity index (χ4v) is 4.02. The number of methoxy groups -OCH3 is 1. The summed E-state index contributed by atoms with van der Waals surface area (Å²) in [4.78, 5) is 14.8. The highest BCUT2D eigenvalue weighted by molar-refractivity contribution is 5.80. The molecule has 1 atom stereocenters. The lowest BCUT2D eigenvalue weighted by molar-refractivity contribution is -0.127.